The van der Waals surface area contributed by atoms with Crippen LogP contribution < -0.4 is 5.32 Å². The fraction of sp³-hybridized carbons (Fsp3) is 0.250. The van der Waals surface area contributed by atoms with Gasteiger partial charge in [0.2, 0.25) is 0 Å². The normalized spacial score (nSPS) is 14.2. The summed E-state index contributed by atoms with van der Waals surface area (Å²) in [4.78, 5) is 0. The summed E-state index contributed by atoms with van der Waals surface area (Å²) in [6.45, 7) is 4.40. The summed E-state index contributed by atoms with van der Waals surface area (Å²) in [5, 5.41) is 3.62. The number of benzene rings is 2. The van der Waals surface area contributed by atoms with Crippen LogP contribution in [0.15, 0.2) is 59.1 Å². The van der Waals surface area contributed by atoms with Gasteiger partial charge in [-0.2, -0.15) is 0 Å². The molecule has 0 aliphatic heterocycles. The van der Waals surface area contributed by atoms with Gasteiger partial charge in [0.05, 0.1) is 0 Å². The summed E-state index contributed by atoms with van der Waals surface area (Å²) in [7, 11) is 0. The number of halogens is 1. The first-order valence-electron chi connectivity index (χ1n) is 6.23. The molecule has 0 bridgehead atoms. The zero-order chi connectivity index (χ0) is 13.0. The van der Waals surface area contributed by atoms with Crippen LogP contribution in [-0.4, -0.2) is 0 Å². The van der Waals surface area contributed by atoms with Crippen molar-refractivity contribution in [1.82, 2.24) is 5.32 Å². The highest BCUT2D eigenvalue weighted by molar-refractivity contribution is 9.10. The van der Waals surface area contributed by atoms with E-state index in [4.69, 9.17) is 0 Å². The lowest BCUT2D eigenvalue weighted by molar-refractivity contribution is 0.494. The monoisotopic (exact) mass is 303 g/mol. The maximum absolute atomic E-state index is 3.62. The van der Waals surface area contributed by atoms with Gasteiger partial charge in [-0.3, -0.25) is 0 Å². The number of rotatable bonds is 4. The quantitative estimate of drug-likeness (QED) is 0.850. The van der Waals surface area contributed by atoms with Crippen molar-refractivity contribution in [2.45, 2.75) is 25.9 Å². The number of hydrogen-bond donors (Lipinski definition) is 1. The predicted molar refractivity (Wildman–Crippen MR) is 80.5 cm³/mol. The Balaban J connectivity index is 2.03. The standard InChI is InChI=1S/C16H18BrN/c1-12(14-6-4-3-5-7-14)18-13(2)15-8-10-16(17)11-9-15/h3-13,18H,1-2H3/t12-,13?/m0/s1. The Kier molecular flexibility index (Phi) is 4.56. The second-order valence-electron chi connectivity index (χ2n) is 4.57. The van der Waals surface area contributed by atoms with E-state index in [1.54, 1.807) is 0 Å². The molecule has 0 amide bonds. The lowest BCUT2D eigenvalue weighted by Gasteiger charge is -2.20. The summed E-state index contributed by atoms with van der Waals surface area (Å²) in [5.74, 6) is 0. The summed E-state index contributed by atoms with van der Waals surface area (Å²) >= 11 is 3.46. The molecular formula is C16H18BrN. The second-order valence-corrected chi connectivity index (χ2v) is 5.49. The van der Waals surface area contributed by atoms with Crippen molar-refractivity contribution in [2.75, 3.05) is 0 Å². The van der Waals surface area contributed by atoms with Gasteiger partial charge in [-0.15, -0.1) is 0 Å². The highest BCUT2D eigenvalue weighted by atomic mass is 79.9. The molecule has 1 nitrogen and oxygen atoms in total. The van der Waals surface area contributed by atoms with Gasteiger partial charge in [0.15, 0.2) is 0 Å². The molecule has 2 rings (SSSR count). The van der Waals surface area contributed by atoms with Gasteiger partial charge >= 0.3 is 0 Å². The molecular weight excluding hydrogens is 286 g/mol. The molecule has 1 unspecified atom stereocenters. The van der Waals surface area contributed by atoms with Crippen molar-refractivity contribution in [1.29, 1.82) is 0 Å². The van der Waals surface area contributed by atoms with E-state index < -0.39 is 0 Å². The van der Waals surface area contributed by atoms with E-state index in [0.717, 1.165) is 4.47 Å². The van der Waals surface area contributed by atoms with Gasteiger partial charge in [0.25, 0.3) is 0 Å². The first-order chi connectivity index (χ1) is 8.66. The maximum Gasteiger partial charge on any atom is 0.0297 e. The van der Waals surface area contributed by atoms with Crippen molar-refractivity contribution in [2.24, 2.45) is 0 Å². The minimum Gasteiger partial charge on any atom is -0.304 e. The van der Waals surface area contributed by atoms with E-state index in [-0.39, 0.29) is 0 Å². The van der Waals surface area contributed by atoms with E-state index in [1.165, 1.54) is 11.1 Å². The van der Waals surface area contributed by atoms with Crippen molar-refractivity contribution < 1.29 is 0 Å². The molecule has 0 aliphatic rings. The smallest absolute Gasteiger partial charge is 0.0297 e. The summed E-state index contributed by atoms with van der Waals surface area (Å²) < 4.78 is 1.12. The minimum absolute atomic E-state index is 0.341. The van der Waals surface area contributed by atoms with Crippen LogP contribution in [-0.2, 0) is 0 Å². The van der Waals surface area contributed by atoms with Gasteiger partial charge in [-0.25, -0.2) is 0 Å². The molecule has 2 aromatic carbocycles. The van der Waals surface area contributed by atoms with Crippen LogP contribution in [0.2, 0.25) is 0 Å². The molecule has 1 N–H and O–H groups in total. The van der Waals surface area contributed by atoms with E-state index in [1.807, 2.05) is 6.07 Å². The molecule has 2 heteroatoms. The van der Waals surface area contributed by atoms with Crippen molar-refractivity contribution in [3.63, 3.8) is 0 Å². The zero-order valence-corrected chi connectivity index (χ0v) is 12.3. The topological polar surface area (TPSA) is 12.0 Å². The fourth-order valence-corrected chi connectivity index (χ4v) is 2.32. The SMILES string of the molecule is CC(N[C@@H](C)c1ccccc1)c1ccc(Br)cc1. The Morgan fingerprint density at radius 1 is 0.778 bits per heavy atom. The summed E-state index contributed by atoms with van der Waals surface area (Å²) in [5.41, 5.74) is 2.63. The van der Waals surface area contributed by atoms with Crippen LogP contribution in [0.5, 0.6) is 0 Å². The molecule has 0 aromatic heterocycles. The average Bonchev–Trinajstić information content (AvgIpc) is 2.40. The van der Waals surface area contributed by atoms with Crippen LogP contribution in [0.3, 0.4) is 0 Å². The number of nitrogens with one attached hydrogen (secondary N) is 1. The summed E-state index contributed by atoms with van der Waals surface area (Å²) in [6.07, 6.45) is 0. The number of hydrogen-bond acceptors (Lipinski definition) is 1. The largest absolute Gasteiger partial charge is 0.304 e. The molecule has 0 saturated carbocycles. The van der Waals surface area contributed by atoms with E-state index in [9.17, 15) is 0 Å². The van der Waals surface area contributed by atoms with Gasteiger partial charge in [0.1, 0.15) is 0 Å². The molecule has 0 spiro atoms. The van der Waals surface area contributed by atoms with Gasteiger partial charge in [0, 0.05) is 16.6 Å². The Morgan fingerprint density at radius 3 is 1.83 bits per heavy atom. The average molecular weight is 304 g/mol. The van der Waals surface area contributed by atoms with E-state index in [0.29, 0.717) is 12.1 Å². The highest BCUT2D eigenvalue weighted by Crippen LogP contribution is 2.20. The van der Waals surface area contributed by atoms with Crippen molar-refractivity contribution in [3.05, 3.63) is 70.2 Å². The third-order valence-electron chi connectivity index (χ3n) is 3.17. The molecule has 0 radical (unpaired) electrons. The van der Waals surface area contributed by atoms with Crippen molar-refractivity contribution >= 4 is 15.9 Å². The lowest BCUT2D eigenvalue weighted by atomic mass is 10.0. The zero-order valence-electron chi connectivity index (χ0n) is 10.7. The van der Waals surface area contributed by atoms with Crippen LogP contribution >= 0.6 is 15.9 Å². The molecule has 0 fully saturated rings. The van der Waals surface area contributed by atoms with Crippen LogP contribution in [0.4, 0.5) is 0 Å². The Morgan fingerprint density at radius 2 is 1.28 bits per heavy atom. The van der Waals surface area contributed by atoms with Crippen molar-refractivity contribution in [3.8, 4) is 0 Å². The molecule has 2 aromatic rings. The third-order valence-corrected chi connectivity index (χ3v) is 3.70. The van der Waals surface area contributed by atoms with Gasteiger partial charge < -0.3 is 5.32 Å². The van der Waals surface area contributed by atoms with Crippen LogP contribution in [0.1, 0.15) is 37.1 Å². The molecule has 2 atom stereocenters. The highest BCUT2D eigenvalue weighted by Gasteiger charge is 2.10. The van der Waals surface area contributed by atoms with Crippen LogP contribution in [0, 0.1) is 0 Å². The van der Waals surface area contributed by atoms with E-state index >= 15 is 0 Å². The minimum atomic E-state index is 0.341. The Bertz CT molecular complexity index is 478. The first-order valence-corrected chi connectivity index (χ1v) is 7.02. The molecule has 0 aliphatic carbocycles. The summed E-state index contributed by atoms with van der Waals surface area (Å²) in [6, 6.07) is 19.7. The van der Waals surface area contributed by atoms with Gasteiger partial charge in [-0.05, 0) is 37.1 Å². The Hall–Kier alpha value is -1.12. The van der Waals surface area contributed by atoms with Gasteiger partial charge in [-0.1, -0.05) is 58.4 Å². The molecule has 0 heterocycles. The third kappa shape index (κ3) is 3.44. The first kappa shape index (κ1) is 13.3. The molecule has 94 valence electrons. The predicted octanol–water partition coefficient (Wildman–Crippen LogP) is 4.86. The lowest BCUT2D eigenvalue weighted by Crippen LogP contribution is -2.22. The molecule has 18 heavy (non-hydrogen) atoms. The second kappa shape index (κ2) is 6.17. The fourth-order valence-electron chi connectivity index (χ4n) is 2.06. The molecule has 0 saturated heterocycles. The van der Waals surface area contributed by atoms with Crippen LogP contribution in [0.25, 0.3) is 0 Å². The maximum atomic E-state index is 3.62. The Labute approximate surface area is 117 Å². The van der Waals surface area contributed by atoms with E-state index in [2.05, 4.69) is 83.6 Å².